The number of hydrogen-bond acceptors (Lipinski definition) is 7. The first-order chi connectivity index (χ1) is 22.6. The van der Waals surface area contributed by atoms with Crippen molar-refractivity contribution in [1.82, 2.24) is 20.9 Å². The Kier molecular flexibility index (Phi) is 13.5. The van der Waals surface area contributed by atoms with Crippen molar-refractivity contribution in [3.05, 3.63) is 41.5 Å². The molecule has 1 saturated heterocycles. The Morgan fingerprint density at radius 3 is 2.55 bits per heavy atom. The third-order valence-corrected chi connectivity index (χ3v) is 10.0. The molecular weight excluding hydrogens is 620 g/mol. The lowest BCUT2D eigenvalue weighted by Crippen LogP contribution is -2.60. The van der Waals surface area contributed by atoms with Crippen molar-refractivity contribution in [2.45, 2.75) is 94.1 Å². The summed E-state index contributed by atoms with van der Waals surface area (Å²) >= 11 is 1.46. The molecule has 0 radical (unpaired) electrons. The predicted octanol–water partition coefficient (Wildman–Crippen LogP) is 0.901. The number of primary amides is 1. The second kappa shape index (κ2) is 17.7. The van der Waals surface area contributed by atoms with Gasteiger partial charge in [-0.25, -0.2) is 0 Å². The van der Waals surface area contributed by atoms with Crippen molar-refractivity contribution in [3.8, 4) is 0 Å². The molecule has 14 heteroatoms. The normalized spacial score (nSPS) is 24.5. The maximum Gasteiger partial charge on any atom is 0.244 e. The summed E-state index contributed by atoms with van der Waals surface area (Å²) in [6.07, 6.45) is 10.2. The van der Waals surface area contributed by atoms with Crippen LogP contribution in [0.25, 0.3) is 6.08 Å². The molecule has 47 heavy (non-hydrogen) atoms. The fraction of sp³-hybridized carbons (Fsp3) is 0.576. The summed E-state index contributed by atoms with van der Waals surface area (Å²) in [4.78, 5) is 72.4. The van der Waals surface area contributed by atoms with Gasteiger partial charge >= 0.3 is 0 Å². The van der Waals surface area contributed by atoms with Crippen LogP contribution in [0, 0.1) is 5.92 Å². The number of thioether (sulfide) groups is 1. The van der Waals surface area contributed by atoms with Crippen LogP contribution in [0.1, 0.15) is 75.3 Å². The average molecular weight is 669 g/mol. The molecule has 2 fully saturated rings. The third-order valence-electron chi connectivity index (χ3n) is 8.92. The van der Waals surface area contributed by atoms with E-state index >= 15 is 0 Å². The first-order valence-electron chi connectivity index (χ1n) is 16.5. The minimum absolute atomic E-state index is 0.0740. The minimum Gasteiger partial charge on any atom is -0.370 e. The standard InChI is InChI=1S/C33H48N8O5S/c34-29(43)24(13-6-16-37-33(35)36)38-30(44)25-20-47-19-22-10-4-8-21(18-22)9-5-15-27(42)41-17-7-14-26(41)31(45)40-28(32(46)39-25)23-11-2-1-3-12-23/h4-5,8-10,18,23-26,28H,1-3,6-7,11-17,19-20H2,(H2,34,43)(H,38,44)(H,39,46)(H,40,45)(H4,35,36,37)/b9-5+/t24-,25-,26-,28-/m0/s1. The summed E-state index contributed by atoms with van der Waals surface area (Å²) in [6.45, 7) is 0.742. The van der Waals surface area contributed by atoms with E-state index in [1.54, 1.807) is 4.90 Å². The smallest absolute Gasteiger partial charge is 0.244 e. The van der Waals surface area contributed by atoms with E-state index in [2.05, 4.69) is 20.9 Å². The lowest BCUT2D eigenvalue weighted by atomic mass is 9.83. The van der Waals surface area contributed by atoms with Crippen LogP contribution in [0.3, 0.4) is 0 Å². The van der Waals surface area contributed by atoms with Gasteiger partial charge in [-0.2, -0.15) is 11.8 Å². The number of aliphatic imine (C=N–C) groups is 1. The summed E-state index contributed by atoms with van der Waals surface area (Å²) in [5.41, 5.74) is 18.3. The van der Waals surface area contributed by atoms with E-state index < -0.39 is 41.9 Å². The number of benzene rings is 1. The van der Waals surface area contributed by atoms with E-state index in [0.29, 0.717) is 31.6 Å². The monoisotopic (exact) mass is 668 g/mol. The topological polar surface area (TPSA) is 215 Å². The molecule has 2 heterocycles. The molecule has 9 N–H and O–H groups in total. The van der Waals surface area contributed by atoms with E-state index in [1.165, 1.54) is 11.8 Å². The number of carbonyl (C=O) groups excluding carboxylic acids is 5. The van der Waals surface area contributed by atoms with E-state index in [9.17, 15) is 24.0 Å². The van der Waals surface area contributed by atoms with Gasteiger partial charge in [-0.1, -0.05) is 55.7 Å². The Labute approximate surface area is 280 Å². The molecule has 1 saturated carbocycles. The first-order valence-corrected chi connectivity index (χ1v) is 17.7. The Balaban J connectivity index is 1.60. The Morgan fingerprint density at radius 1 is 1.02 bits per heavy atom. The van der Waals surface area contributed by atoms with Crippen molar-refractivity contribution in [2.24, 2.45) is 28.1 Å². The van der Waals surface area contributed by atoms with Crippen LogP contribution in [0.2, 0.25) is 0 Å². The van der Waals surface area contributed by atoms with Gasteiger partial charge in [0.05, 0.1) is 0 Å². The molecule has 256 valence electrons. The highest BCUT2D eigenvalue weighted by atomic mass is 32.2. The highest BCUT2D eigenvalue weighted by Crippen LogP contribution is 2.28. The van der Waals surface area contributed by atoms with E-state index in [4.69, 9.17) is 17.2 Å². The van der Waals surface area contributed by atoms with Gasteiger partial charge in [0.25, 0.3) is 0 Å². The molecule has 0 spiro atoms. The molecule has 1 aromatic rings. The number of nitrogens with two attached hydrogens (primary N) is 3. The van der Waals surface area contributed by atoms with Crippen molar-refractivity contribution in [3.63, 3.8) is 0 Å². The largest absolute Gasteiger partial charge is 0.370 e. The molecule has 4 atom stereocenters. The molecule has 5 amide bonds. The third kappa shape index (κ3) is 10.7. The van der Waals surface area contributed by atoms with Gasteiger partial charge in [-0.3, -0.25) is 29.0 Å². The van der Waals surface area contributed by atoms with Crippen LogP contribution in [0.15, 0.2) is 35.3 Å². The summed E-state index contributed by atoms with van der Waals surface area (Å²) < 4.78 is 0. The maximum atomic E-state index is 14.0. The van der Waals surface area contributed by atoms with Crippen molar-refractivity contribution >= 4 is 53.3 Å². The number of rotatable bonds is 8. The van der Waals surface area contributed by atoms with Gasteiger partial charge in [-0.15, -0.1) is 0 Å². The number of fused-ring (bicyclic) bond motifs is 3. The van der Waals surface area contributed by atoms with Gasteiger partial charge in [0.2, 0.25) is 29.5 Å². The van der Waals surface area contributed by atoms with E-state index in [-0.39, 0.29) is 48.8 Å². The summed E-state index contributed by atoms with van der Waals surface area (Å²) in [5.74, 6) is -1.64. The fourth-order valence-electron chi connectivity index (χ4n) is 6.45. The van der Waals surface area contributed by atoms with Crippen LogP contribution in [-0.2, 0) is 29.7 Å². The number of hydrogen-bond donors (Lipinski definition) is 6. The van der Waals surface area contributed by atoms with Gasteiger partial charge < -0.3 is 38.1 Å². The fourth-order valence-corrected chi connectivity index (χ4v) is 7.46. The molecule has 13 nitrogen and oxygen atoms in total. The number of amides is 5. The van der Waals surface area contributed by atoms with Gasteiger partial charge in [0.1, 0.15) is 24.2 Å². The second-order valence-corrected chi connectivity index (χ2v) is 13.5. The Hall–Kier alpha value is -4.07. The van der Waals surface area contributed by atoms with E-state index in [0.717, 1.165) is 43.2 Å². The Morgan fingerprint density at radius 2 is 1.81 bits per heavy atom. The minimum atomic E-state index is -1.01. The average Bonchev–Trinajstić information content (AvgIpc) is 3.55. The SMILES string of the molecule is NC(=O)[C@H](CCCN=C(N)N)NC(=O)[C@@H]1CSCc2cccc(c2)/C=C/CC(=O)N2CCC[C@H]2C(=O)N[C@@H](C2CCCCC2)C(=O)N1. The number of guanidine groups is 1. The van der Waals surface area contributed by atoms with Gasteiger partial charge in [0, 0.05) is 31.0 Å². The van der Waals surface area contributed by atoms with Crippen LogP contribution < -0.4 is 33.2 Å². The van der Waals surface area contributed by atoms with Crippen molar-refractivity contribution < 1.29 is 24.0 Å². The first kappa shape index (κ1) is 35.8. The van der Waals surface area contributed by atoms with Crippen molar-refractivity contribution in [1.29, 1.82) is 0 Å². The molecule has 2 bridgehead atoms. The predicted molar refractivity (Wildman–Crippen MR) is 182 cm³/mol. The van der Waals surface area contributed by atoms with Crippen LogP contribution in [-0.4, -0.2) is 83.4 Å². The zero-order valence-corrected chi connectivity index (χ0v) is 27.6. The lowest BCUT2D eigenvalue weighted by molar-refractivity contribution is -0.140. The number of nitrogens with zero attached hydrogens (tertiary/aromatic N) is 2. The molecular formula is C33H48N8O5S. The number of nitrogens with one attached hydrogen (secondary N) is 3. The van der Waals surface area contributed by atoms with Crippen LogP contribution in [0.4, 0.5) is 0 Å². The van der Waals surface area contributed by atoms with Crippen LogP contribution in [0.5, 0.6) is 0 Å². The molecule has 1 aromatic carbocycles. The van der Waals surface area contributed by atoms with Crippen molar-refractivity contribution in [2.75, 3.05) is 18.8 Å². The maximum absolute atomic E-state index is 14.0. The molecule has 3 aliphatic rings. The van der Waals surface area contributed by atoms with Gasteiger partial charge in [0.15, 0.2) is 5.96 Å². The molecule has 0 aromatic heterocycles. The zero-order valence-electron chi connectivity index (χ0n) is 26.8. The summed E-state index contributed by atoms with van der Waals surface area (Å²) in [5, 5.41) is 8.61. The molecule has 0 unspecified atom stereocenters. The highest BCUT2D eigenvalue weighted by Gasteiger charge is 2.39. The lowest BCUT2D eigenvalue weighted by Gasteiger charge is -2.33. The summed E-state index contributed by atoms with van der Waals surface area (Å²) in [6, 6.07) is 4.32. The van der Waals surface area contributed by atoms with E-state index in [1.807, 2.05) is 36.4 Å². The second-order valence-electron chi connectivity index (χ2n) is 12.5. The molecule has 4 rings (SSSR count). The van der Waals surface area contributed by atoms with Gasteiger partial charge in [-0.05, 0) is 55.6 Å². The summed E-state index contributed by atoms with van der Waals surface area (Å²) in [7, 11) is 0. The molecule has 2 aliphatic heterocycles. The molecule has 1 aliphatic carbocycles. The number of carbonyl (C=O) groups is 5. The highest BCUT2D eigenvalue weighted by molar-refractivity contribution is 7.98. The Bertz CT molecular complexity index is 1340. The zero-order chi connectivity index (χ0) is 33.8. The quantitative estimate of drug-likeness (QED) is 0.133. The van der Waals surface area contributed by atoms with Crippen LogP contribution >= 0.6 is 11.8 Å².